The van der Waals surface area contributed by atoms with Crippen LogP contribution in [0.3, 0.4) is 0 Å². The van der Waals surface area contributed by atoms with Crippen molar-refractivity contribution in [3.63, 3.8) is 0 Å². The third-order valence-corrected chi connectivity index (χ3v) is 4.14. The first-order chi connectivity index (χ1) is 14.0. The van der Waals surface area contributed by atoms with Gasteiger partial charge in [0.1, 0.15) is 24.0 Å². The number of pyridine rings is 2. The van der Waals surface area contributed by atoms with Crippen molar-refractivity contribution < 1.29 is 24.3 Å². The molecule has 0 amide bonds. The summed E-state index contributed by atoms with van der Waals surface area (Å²) < 4.78 is 0. The summed E-state index contributed by atoms with van der Waals surface area (Å²) in [5, 5.41) is 9.06. The number of aldehydes is 3. The van der Waals surface area contributed by atoms with Crippen LogP contribution in [0.5, 0.6) is 0 Å². The molecule has 0 fully saturated rings. The summed E-state index contributed by atoms with van der Waals surface area (Å²) in [4.78, 5) is 56.0. The van der Waals surface area contributed by atoms with Crippen molar-refractivity contribution in [2.75, 3.05) is 26.2 Å². The standard InChI is InChI=1S/C20H22N4O5/c25-11-9-23(13-16-3-1-5-18(15-27)21-16)7-8-24(10-12-26)14-17-4-2-6-19(22-17)20(28)29/h1-6,11-12,15H,7-10,13-14H2,(H,28,29). The Bertz CT molecular complexity index is 858. The zero-order chi connectivity index (χ0) is 21.1. The van der Waals surface area contributed by atoms with Gasteiger partial charge in [0, 0.05) is 26.2 Å². The van der Waals surface area contributed by atoms with Gasteiger partial charge in [-0.05, 0) is 24.3 Å². The summed E-state index contributed by atoms with van der Waals surface area (Å²) in [7, 11) is 0. The maximum atomic E-state index is 11.1. The second-order valence-corrected chi connectivity index (χ2v) is 6.29. The lowest BCUT2D eigenvalue weighted by atomic mass is 10.2. The molecule has 0 bridgehead atoms. The fourth-order valence-corrected chi connectivity index (χ4v) is 2.76. The molecule has 2 rings (SSSR count). The van der Waals surface area contributed by atoms with Crippen LogP contribution < -0.4 is 0 Å². The van der Waals surface area contributed by atoms with E-state index in [1.165, 1.54) is 6.07 Å². The molecule has 0 saturated carbocycles. The highest BCUT2D eigenvalue weighted by Gasteiger charge is 2.13. The lowest BCUT2D eigenvalue weighted by Gasteiger charge is -2.25. The average Bonchev–Trinajstić information content (AvgIpc) is 2.72. The van der Waals surface area contributed by atoms with Crippen molar-refractivity contribution in [1.29, 1.82) is 0 Å². The third-order valence-electron chi connectivity index (χ3n) is 4.14. The van der Waals surface area contributed by atoms with E-state index in [2.05, 4.69) is 9.97 Å². The second kappa shape index (κ2) is 11.5. The van der Waals surface area contributed by atoms with Gasteiger partial charge in [0.2, 0.25) is 0 Å². The smallest absolute Gasteiger partial charge is 0.354 e. The van der Waals surface area contributed by atoms with Crippen LogP contribution in [0.1, 0.15) is 32.4 Å². The Balaban J connectivity index is 2.02. The van der Waals surface area contributed by atoms with Crippen molar-refractivity contribution in [1.82, 2.24) is 19.8 Å². The van der Waals surface area contributed by atoms with E-state index in [4.69, 9.17) is 5.11 Å². The lowest BCUT2D eigenvalue weighted by molar-refractivity contribution is -0.110. The molecule has 1 N–H and O–H groups in total. The van der Waals surface area contributed by atoms with E-state index in [1.807, 2.05) is 9.80 Å². The molecule has 29 heavy (non-hydrogen) atoms. The van der Waals surface area contributed by atoms with Crippen molar-refractivity contribution in [2.24, 2.45) is 0 Å². The Morgan fingerprint density at radius 3 is 1.93 bits per heavy atom. The fraction of sp³-hybridized carbons (Fsp3) is 0.300. The molecule has 2 aromatic heterocycles. The molecule has 9 heteroatoms. The van der Waals surface area contributed by atoms with Crippen LogP contribution in [0, 0.1) is 0 Å². The van der Waals surface area contributed by atoms with Crippen LogP contribution in [0.4, 0.5) is 0 Å². The van der Waals surface area contributed by atoms with Crippen molar-refractivity contribution in [3.05, 3.63) is 59.2 Å². The first-order valence-electron chi connectivity index (χ1n) is 8.98. The van der Waals surface area contributed by atoms with E-state index in [1.54, 1.807) is 30.3 Å². The van der Waals surface area contributed by atoms with E-state index >= 15 is 0 Å². The van der Waals surface area contributed by atoms with Crippen LogP contribution >= 0.6 is 0 Å². The number of carboxylic acid groups (broad SMARTS) is 1. The van der Waals surface area contributed by atoms with E-state index in [0.29, 0.717) is 49.5 Å². The Kier molecular flexibility index (Phi) is 8.74. The molecule has 2 heterocycles. The number of aromatic nitrogens is 2. The molecule has 152 valence electrons. The number of carboxylic acids is 1. The summed E-state index contributed by atoms with van der Waals surface area (Å²) in [5.74, 6) is -1.11. The summed E-state index contributed by atoms with van der Waals surface area (Å²) in [6.07, 6.45) is 2.21. The highest BCUT2D eigenvalue weighted by molar-refractivity contribution is 5.85. The molecular weight excluding hydrogens is 376 g/mol. The average molecular weight is 398 g/mol. The molecule has 0 radical (unpaired) electrons. The van der Waals surface area contributed by atoms with Gasteiger partial charge in [0.05, 0.1) is 24.5 Å². The van der Waals surface area contributed by atoms with Crippen LogP contribution in [0.25, 0.3) is 0 Å². The molecule has 0 aliphatic rings. The van der Waals surface area contributed by atoms with E-state index in [0.717, 1.165) is 12.6 Å². The molecule has 0 aromatic carbocycles. The summed E-state index contributed by atoms with van der Waals surface area (Å²) in [6.45, 7) is 1.92. The van der Waals surface area contributed by atoms with Crippen molar-refractivity contribution >= 4 is 24.8 Å². The highest BCUT2D eigenvalue weighted by Crippen LogP contribution is 2.06. The van der Waals surface area contributed by atoms with Crippen molar-refractivity contribution in [3.8, 4) is 0 Å². The monoisotopic (exact) mass is 398 g/mol. The molecule has 0 saturated heterocycles. The molecule has 0 aliphatic carbocycles. The van der Waals surface area contributed by atoms with Gasteiger partial charge in [-0.1, -0.05) is 12.1 Å². The van der Waals surface area contributed by atoms with Crippen LogP contribution in [0.2, 0.25) is 0 Å². The van der Waals surface area contributed by atoms with Crippen molar-refractivity contribution in [2.45, 2.75) is 13.1 Å². The van der Waals surface area contributed by atoms with E-state index in [9.17, 15) is 19.2 Å². The molecule has 2 aromatic rings. The van der Waals surface area contributed by atoms with Gasteiger partial charge in [-0.25, -0.2) is 14.8 Å². The predicted octanol–water partition coefficient (Wildman–Crippen LogP) is 0.689. The number of hydrogen-bond acceptors (Lipinski definition) is 8. The van der Waals surface area contributed by atoms with Gasteiger partial charge in [-0.15, -0.1) is 0 Å². The maximum absolute atomic E-state index is 11.1. The molecule has 0 aliphatic heterocycles. The van der Waals surface area contributed by atoms with Gasteiger partial charge in [0.15, 0.2) is 6.29 Å². The molecule has 0 atom stereocenters. The van der Waals surface area contributed by atoms with Gasteiger partial charge in [-0.3, -0.25) is 14.6 Å². The summed E-state index contributed by atoms with van der Waals surface area (Å²) >= 11 is 0. The minimum Gasteiger partial charge on any atom is -0.477 e. The largest absolute Gasteiger partial charge is 0.477 e. The first kappa shape index (κ1) is 22.0. The number of carbonyl (C=O) groups excluding carboxylic acids is 3. The van der Waals surface area contributed by atoms with Gasteiger partial charge in [-0.2, -0.15) is 0 Å². The Hall–Kier alpha value is -3.30. The molecule has 9 nitrogen and oxygen atoms in total. The van der Waals surface area contributed by atoms with Crippen LogP contribution in [-0.2, 0) is 22.7 Å². The molecule has 0 spiro atoms. The van der Waals surface area contributed by atoms with Gasteiger partial charge < -0.3 is 14.7 Å². The second-order valence-electron chi connectivity index (χ2n) is 6.29. The summed E-state index contributed by atoms with van der Waals surface area (Å²) in [6, 6.07) is 9.81. The molecular formula is C20H22N4O5. The zero-order valence-electron chi connectivity index (χ0n) is 15.8. The third kappa shape index (κ3) is 7.32. The van der Waals surface area contributed by atoms with E-state index in [-0.39, 0.29) is 18.8 Å². The number of hydrogen-bond donors (Lipinski definition) is 1. The van der Waals surface area contributed by atoms with Gasteiger partial charge in [0.25, 0.3) is 0 Å². The minimum atomic E-state index is -1.11. The minimum absolute atomic E-state index is 0.0581. The zero-order valence-corrected chi connectivity index (χ0v) is 15.8. The Labute approximate surface area is 168 Å². The topological polar surface area (TPSA) is 121 Å². The van der Waals surface area contributed by atoms with E-state index < -0.39 is 5.97 Å². The molecule has 0 unspecified atom stereocenters. The van der Waals surface area contributed by atoms with Gasteiger partial charge >= 0.3 is 5.97 Å². The normalized spacial score (nSPS) is 10.8. The fourth-order valence-electron chi connectivity index (χ4n) is 2.76. The number of rotatable bonds is 13. The Morgan fingerprint density at radius 2 is 1.41 bits per heavy atom. The summed E-state index contributed by atoms with van der Waals surface area (Å²) in [5.41, 5.74) is 1.46. The Morgan fingerprint density at radius 1 is 0.862 bits per heavy atom. The maximum Gasteiger partial charge on any atom is 0.354 e. The first-order valence-corrected chi connectivity index (χ1v) is 8.98. The number of carbonyl (C=O) groups is 4. The number of aromatic carboxylic acids is 1. The quantitative estimate of drug-likeness (QED) is 0.486. The predicted molar refractivity (Wildman–Crippen MR) is 104 cm³/mol. The van der Waals surface area contributed by atoms with Crippen LogP contribution in [-0.4, -0.2) is 75.9 Å². The van der Waals surface area contributed by atoms with Crippen LogP contribution in [0.15, 0.2) is 36.4 Å². The SMILES string of the molecule is O=CCN(CCN(CC=O)Cc1cccc(C(=O)O)n1)Cc1cccc(C=O)n1. The highest BCUT2D eigenvalue weighted by atomic mass is 16.4. The lowest BCUT2D eigenvalue weighted by Crippen LogP contribution is -2.36. The number of nitrogens with zero attached hydrogens (tertiary/aromatic N) is 4.